The molecule has 2 rings (SSSR count). The summed E-state index contributed by atoms with van der Waals surface area (Å²) in [5, 5.41) is 3.34. The zero-order valence-corrected chi connectivity index (χ0v) is 9.58. The normalized spacial score (nSPS) is 30.9. The SMILES string of the molecule is CCC1N(C)C(=O)COC12CCNCC2. The molecule has 2 aliphatic rings. The zero-order chi connectivity index (χ0) is 10.9. The lowest BCUT2D eigenvalue weighted by Gasteiger charge is -2.50. The Hall–Kier alpha value is -0.610. The average molecular weight is 212 g/mol. The third kappa shape index (κ3) is 1.76. The molecule has 0 bridgehead atoms. The number of morpholine rings is 1. The van der Waals surface area contributed by atoms with E-state index in [1.807, 2.05) is 11.9 Å². The van der Waals surface area contributed by atoms with Gasteiger partial charge in [-0.05, 0) is 32.4 Å². The van der Waals surface area contributed by atoms with Gasteiger partial charge in [0.15, 0.2) is 0 Å². The van der Waals surface area contributed by atoms with Gasteiger partial charge in [0.05, 0.1) is 11.6 Å². The largest absolute Gasteiger partial charge is 0.363 e. The third-order valence-electron chi connectivity index (χ3n) is 3.79. The highest BCUT2D eigenvalue weighted by Crippen LogP contribution is 2.34. The highest BCUT2D eigenvalue weighted by atomic mass is 16.5. The van der Waals surface area contributed by atoms with Crippen LogP contribution in [0.4, 0.5) is 0 Å². The fourth-order valence-corrected chi connectivity index (χ4v) is 2.90. The molecule has 1 spiro atoms. The molecule has 2 saturated heterocycles. The van der Waals surface area contributed by atoms with Crippen LogP contribution in [0.3, 0.4) is 0 Å². The molecule has 0 aromatic carbocycles. The van der Waals surface area contributed by atoms with Crippen molar-refractivity contribution in [1.29, 1.82) is 0 Å². The standard InChI is InChI=1S/C11H20N2O2/c1-3-9-11(4-6-12-7-5-11)15-8-10(14)13(9)2/h9,12H,3-8H2,1-2H3. The highest BCUT2D eigenvalue weighted by molar-refractivity contribution is 5.78. The van der Waals surface area contributed by atoms with Crippen LogP contribution in [0.5, 0.6) is 0 Å². The van der Waals surface area contributed by atoms with Crippen molar-refractivity contribution in [3.8, 4) is 0 Å². The van der Waals surface area contributed by atoms with Gasteiger partial charge in [0, 0.05) is 7.05 Å². The molecule has 2 fully saturated rings. The summed E-state index contributed by atoms with van der Waals surface area (Å²) in [4.78, 5) is 13.5. The van der Waals surface area contributed by atoms with Crippen molar-refractivity contribution in [2.45, 2.75) is 37.8 Å². The second-order valence-corrected chi connectivity index (χ2v) is 4.53. The molecule has 4 heteroatoms. The smallest absolute Gasteiger partial charge is 0.248 e. The Bertz CT molecular complexity index is 249. The summed E-state index contributed by atoms with van der Waals surface area (Å²) in [6.07, 6.45) is 3.01. The van der Waals surface area contributed by atoms with Gasteiger partial charge in [-0.3, -0.25) is 4.79 Å². The predicted octanol–water partition coefficient (Wildman–Crippen LogP) is 0.376. The molecular formula is C11H20N2O2. The van der Waals surface area contributed by atoms with Gasteiger partial charge in [0.25, 0.3) is 0 Å². The molecule has 4 nitrogen and oxygen atoms in total. The fraction of sp³-hybridized carbons (Fsp3) is 0.909. The number of rotatable bonds is 1. The molecule has 1 atom stereocenters. The maximum atomic E-state index is 11.6. The lowest BCUT2D eigenvalue weighted by Crippen LogP contribution is -2.63. The summed E-state index contributed by atoms with van der Waals surface area (Å²) >= 11 is 0. The van der Waals surface area contributed by atoms with Gasteiger partial charge < -0.3 is 15.0 Å². The Morgan fingerprint density at radius 1 is 1.53 bits per heavy atom. The first-order valence-electron chi connectivity index (χ1n) is 5.80. The number of likely N-dealkylation sites (N-methyl/N-ethyl adjacent to an activating group) is 1. The first kappa shape index (κ1) is 10.9. The number of piperidine rings is 1. The summed E-state index contributed by atoms with van der Waals surface area (Å²) in [5.74, 6) is 0.117. The molecule has 0 aliphatic carbocycles. The van der Waals surface area contributed by atoms with E-state index in [2.05, 4.69) is 12.2 Å². The fourth-order valence-electron chi connectivity index (χ4n) is 2.90. The number of hydrogen-bond donors (Lipinski definition) is 1. The monoisotopic (exact) mass is 212 g/mol. The molecule has 15 heavy (non-hydrogen) atoms. The van der Waals surface area contributed by atoms with Crippen LogP contribution in [-0.2, 0) is 9.53 Å². The van der Waals surface area contributed by atoms with Crippen LogP contribution in [0.2, 0.25) is 0 Å². The van der Waals surface area contributed by atoms with Crippen LogP contribution in [-0.4, -0.2) is 49.2 Å². The van der Waals surface area contributed by atoms with Gasteiger partial charge in [-0.1, -0.05) is 6.92 Å². The van der Waals surface area contributed by atoms with Crippen LogP contribution >= 0.6 is 0 Å². The second-order valence-electron chi connectivity index (χ2n) is 4.53. The Kier molecular flexibility index (Phi) is 2.98. The van der Waals surface area contributed by atoms with Gasteiger partial charge in [-0.25, -0.2) is 0 Å². The third-order valence-corrected chi connectivity index (χ3v) is 3.79. The van der Waals surface area contributed by atoms with Crippen molar-refractivity contribution in [3.05, 3.63) is 0 Å². The minimum atomic E-state index is -0.0807. The van der Waals surface area contributed by atoms with Gasteiger partial charge in [0.2, 0.25) is 5.91 Å². The lowest BCUT2D eigenvalue weighted by molar-refractivity contribution is -0.181. The van der Waals surface area contributed by atoms with Crippen molar-refractivity contribution in [1.82, 2.24) is 10.2 Å². The molecule has 0 radical (unpaired) electrons. The number of carbonyl (C=O) groups is 1. The molecule has 1 unspecified atom stereocenters. The topological polar surface area (TPSA) is 41.6 Å². The van der Waals surface area contributed by atoms with E-state index in [4.69, 9.17) is 4.74 Å². The van der Waals surface area contributed by atoms with Crippen molar-refractivity contribution < 1.29 is 9.53 Å². The van der Waals surface area contributed by atoms with Crippen molar-refractivity contribution in [2.75, 3.05) is 26.7 Å². The number of hydrogen-bond acceptors (Lipinski definition) is 3. The molecule has 0 aromatic rings. The predicted molar refractivity (Wildman–Crippen MR) is 57.6 cm³/mol. The van der Waals surface area contributed by atoms with E-state index < -0.39 is 0 Å². The maximum absolute atomic E-state index is 11.6. The first-order valence-corrected chi connectivity index (χ1v) is 5.80. The molecule has 0 aromatic heterocycles. The Labute approximate surface area is 91.0 Å². The van der Waals surface area contributed by atoms with Crippen LogP contribution in [0.25, 0.3) is 0 Å². The van der Waals surface area contributed by atoms with E-state index in [0.29, 0.717) is 0 Å². The van der Waals surface area contributed by atoms with E-state index in [0.717, 1.165) is 32.4 Å². The van der Waals surface area contributed by atoms with E-state index >= 15 is 0 Å². The number of nitrogens with one attached hydrogen (secondary N) is 1. The van der Waals surface area contributed by atoms with Crippen LogP contribution in [0.15, 0.2) is 0 Å². The average Bonchev–Trinajstić information content (AvgIpc) is 2.26. The van der Waals surface area contributed by atoms with E-state index in [9.17, 15) is 4.79 Å². The van der Waals surface area contributed by atoms with Crippen LogP contribution in [0.1, 0.15) is 26.2 Å². The summed E-state index contributed by atoms with van der Waals surface area (Å²) in [5.41, 5.74) is -0.0807. The molecule has 1 amide bonds. The molecule has 2 aliphatic heterocycles. The number of nitrogens with zero attached hydrogens (tertiary/aromatic N) is 1. The van der Waals surface area contributed by atoms with Gasteiger partial charge in [0.1, 0.15) is 6.61 Å². The van der Waals surface area contributed by atoms with E-state index in [1.54, 1.807) is 0 Å². The summed E-state index contributed by atoms with van der Waals surface area (Å²) < 4.78 is 5.86. The van der Waals surface area contributed by atoms with Gasteiger partial charge >= 0.3 is 0 Å². The molecule has 86 valence electrons. The van der Waals surface area contributed by atoms with Gasteiger partial charge in [-0.15, -0.1) is 0 Å². The number of ether oxygens (including phenoxy) is 1. The second kappa shape index (κ2) is 4.10. The first-order chi connectivity index (χ1) is 7.19. The maximum Gasteiger partial charge on any atom is 0.248 e. The van der Waals surface area contributed by atoms with Gasteiger partial charge in [-0.2, -0.15) is 0 Å². The molecule has 1 N–H and O–H groups in total. The summed E-state index contributed by atoms with van der Waals surface area (Å²) in [7, 11) is 1.91. The van der Waals surface area contributed by atoms with Crippen molar-refractivity contribution in [3.63, 3.8) is 0 Å². The van der Waals surface area contributed by atoms with E-state index in [-0.39, 0.29) is 24.2 Å². The summed E-state index contributed by atoms with van der Waals surface area (Å²) in [6.45, 7) is 4.39. The lowest BCUT2D eigenvalue weighted by atomic mass is 9.81. The quantitative estimate of drug-likeness (QED) is 0.683. The molecular weight excluding hydrogens is 192 g/mol. The Morgan fingerprint density at radius 3 is 2.80 bits per heavy atom. The minimum absolute atomic E-state index is 0.0807. The Balaban J connectivity index is 2.18. The van der Waals surface area contributed by atoms with Crippen LogP contribution in [0, 0.1) is 0 Å². The van der Waals surface area contributed by atoms with Crippen molar-refractivity contribution >= 4 is 5.91 Å². The van der Waals surface area contributed by atoms with Crippen LogP contribution < -0.4 is 5.32 Å². The minimum Gasteiger partial charge on any atom is -0.363 e. The van der Waals surface area contributed by atoms with Crippen molar-refractivity contribution in [2.24, 2.45) is 0 Å². The zero-order valence-electron chi connectivity index (χ0n) is 9.58. The summed E-state index contributed by atoms with van der Waals surface area (Å²) in [6, 6.07) is 0.251. The number of amides is 1. The molecule has 0 saturated carbocycles. The van der Waals surface area contributed by atoms with E-state index in [1.165, 1.54) is 0 Å². The number of carbonyl (C=O) groups excluding carboxylic acids is 1. The Morgan fingerprint density at radius 2 is 2.20 bits per heavy atom. The highest BCUT2D eigenvalue weighted by Gasteiger charge is 2.46. The molecule has 2 heterocycles.